The normalized spacial score (nSPS) is 13.1. The van der Waals surface area contributed by atoms with Gasteiger partial charge in [-0.05, 0) is 17.7 Å². The van der Waals surface area contributed by atoms with Gasteiger partial charge in [0.2, 0.25) is 0 Å². The van der Waals surface area contributed by atoms with Crippen LogP contribution >= 0.6 is 0 Å². The molecule has 0 saturated carbocycles. The van der Waals surface area contributed by atoms with Gasteiger partial charge in [0.25, 0.3) is 0 Å². The van der Waals surface area contributed by atoms with Crippen molar-refractivity contribution in [2.45, 2.75) is 18.7 Å². The Hall–Kier alpha value is -2.05. The van der Waals surface area contributed by atoms with Crippen molar-refractivity contribution < 1.29 is 17.9 Å². The molecule has 0 bridgehead atoms. The Kier molecular flexibility index (Phi) is 5.63. The number of nitrogens with two attached hydrogens (primary N) is 1. The minimum atomic E-state index is -4.46. The van der Waals surface area contributed by atoms with Crippen molar-refractivity contribution in [2.75, 3.05) is 13.6 Å². The number of ether oxygens (including phenoxy) is 1. The minimum absolute atomic E-state index is 0.173. The summed E-state index contributed by atoms with van der Waals surface area (Å²) in [5.41, 5.74) is 0.0355. The van der Waals surface area contributed by atoms with Crippen LogP contribution in [0.15, 0.2) is 54.6 Å². The van der Waals surface area contributed by atoms with E-state index in [1.165, 1.54) is 23.2 Å². The van der Waals surface area contributed by atoms with Crippen LogP contribution in [0.5, 0.6) is 5.75 Å². The molecule has 1 unspecified atom stereocenters. The summed E-state index contributed by atoms with van der Waals surface area (Å²) < 4.78 is 45.0. The molecular weight excluding hydrogens is 305 g/mol. The molecule has 2 aromatic carbocycles. The lowest BCUT2D eigenvalue weighted by Gasteiger charge is -2.23. The number of hydrogen-bond acceptors (Lipinski definition) is 3. The van der Waals surface area contributed by atoms with Gasteiger partial charge < -0.3 is 4.74 Å². The Balaban J connectivity index is 2.28. The van der Waals surface area contributed by atoms with E-state index in [-0.39, 0.29) is 5.75 Å². The molecule has 3 nitrogen and oxygen atoms in total. The maximum absolute atomic E-state index is 13.1. The smallest absolute Gasteiger partial charge is 0.419 e. The first-order valence-electron chi connectivity index (χ1n) is 7.21. The number of hydrazine groups is 1. The van der Waals surface area contributed by atoms with Crippen LogP contribution in [0, 0.1) is 0 Å². The maximum atomic E-state index is 13.1. The van der Waals surface area contributed by atoms with Gasteiger partial charge in [-0.1, -0.05) is 42.5 Å². The molecule has 0 aliphatic carbocycles. The summed E-state index contributed by atoms with van der Waals surface area (Å²) in [5.74, 6) is 5.44. The van der Waals surface area contributed by atoms with E-state index in [0.29, 0.717) is 13.0 Å². The molecule has 0 aliphatic rings. The minimum Gasteiger partial charge on any atom is -0.485 e. The standard InChI is InChI=1S/C17H19F3N2O/c1-22(21)12-11-15(13-7-3-2-4-8-13)23-16-10-6-5-9-14(16)17(18,19)20/h2-10,15H,11-12,21H2,1H3. The van der Waals surface area contributed by atoms with Gasteiger partial charge in [-0.15, -0.1) is 0 Å². The summed E-state index contributed by atoms with van der Waals surface area (Å²) in [6, 6.07) is 14.4. The number of benzene rings is 2. The second-order valence-corrected chi connectivity index (χ2v) is 5.28. The van der Waals surface area contributed by atoms with Gasteiger partial charge in [-0.2, -0.15) is 13.2 Å². The fourth-order valence-corrected chi connectivity index (χ4v) is 2.24. The van der Waals surface area contributed by atoms with Gasteiger partial charge in [0, 0.05) is 20.0 Å². The second kappa shape index (κ2) is 7.48. The highest BCUT2D eigenvalue weighted by atomic mass is 19.4. The zero-order valence-electron chi connectivity index (χ0n) is 12.8. The van der Waals surface area contributed by atoms with Gasteiger partial charge in [-0.25, -0.2) is 0 Å². The molecule has 0 aromatic heterocycles. The van der Waals surface area contributed by atoms with Crippen molar-refractivity contribution in [1.29, 1.82) is 0 Å². The van der Waals surface area contributed by atoms with E-state index in [4.69, 9.17) is 10.6 Å². The predicted octanol–water partition coefficient (Wildman–Crippen LogP) is 4.02. The van der Waals surface area contributed by atoms with Crippen molar-refractivity contribution >= 4 is 0 Å². The van der Waals surface area contributed by atoms with E-state index >= 15 is 0 Å². The second-order valence-electron chi connectivity index (χ2n) is 5.28. The van der Waals surface area contributed by atoms with E-state index in [9.17, 15) is 13.2 Å². The van der Waals surface area contributed by atoms with Crippen LogP contribution in [0.3, 0.4) is 0 Å². The highest BCUT2D eigenvalue weighted by molar-refractivity contribution is 5.36. The van der Waals surface area contributed by atoms with Crippen molar-refractivity contribution in [3.05, 3.63) is 65.7 Å². The quantitative estimate of drug-likeness (QED) is 0.644. The van der Waals surface area contributed by atoms with E-state index in [0.717, 1.165) is 11.6 Å². The predicted molar refractivity (Wildman–Crippen MR) is 82.7 cm³/mol. The van der Waals surface area contributed by atoms with Crippen molar-refractivity contribution in [3.63, 3.8) is 0 Å². The van der Waals surface area contributed by atoms with Crippen LogP contribution in [0.4, 0.5) is 13.2 Å². The Labute approximate surface area is 133 Å². The number of nitrogens with zero attached hydrogens (tertiary/aromatic N) is 1. The van der Waals surface area contributed by atoms with E-state index < -0.39 is 17.8 Å². The molecule has 0 aliphatic heterocycles. The van der Waals surface area contributed by atoms with Crippen molar-refractivity contribution in [1.82, 2.24) is 5.01 Å². The molecule has 124 valence electrons. The Bertz CT molecular complexity index is 615. The summed E-state index contributed by atoms with van der Waals surface area (Å²) in [4.78, 5) is 0. The van der Waals surface area contributed by atoms with Gasteiger partial charge in [0.15, 0.2) is 0 Å². The van der Waals surface area contributed by atoms with Gasteiger partial charge in [0.1, 0.15) is 11.9 Å². The molecule has 0 radical (unpaired) electrons. The Morgan fingerprint density at radius 1 is 1.04 bits per heavy atom. The van der Waals surface area contributed by atoms with Crippen LogP contribution in [0.2, 0.25) is 0 Å². The molecule has 6 heteroatoms. The fraction of sp³-hybridized carbons (Fsp3) is 0.294. The summed E-state index contributed by atoms with van der Waals surface area (Å²) in [5, 5.41) is 1.48. The number of halogens is 3. The SMILES string of the molecule is CN(N)CCC(Oc1ccccc1C(F)(F)F)c1ccccc1. The Morgan fingerprint density at radius 3 is 2.26 bits per heavy atom. The molecule has 0 heterocycles. The fourth-order valence-electron chi connectivity index (χ4n) is 2.24. The molecule has 1 atom stereocenters. The summed E-state index contributed by atoms with van der Waals surface area (Å²) in [7, 11) is 1.70. The van der Waals surface area contributed by atoms with Crippen LogP contribution in [-0.2, 0) is 6.18 Å². The largest absolute Gasteiger partial charge is 0.485 e. The number of hydrogen-bond donors (Lipinski definition) is 1. The van der Waals surface area contributed by atoms with E-state index in [1.807, 2.05) is 30.3 Å². The highest BCUT2D eigenvalue weighted by Gasteiger charge is 2.34. The van der Waals surface area contributed by atoms with E-state index in [2.05, 4.69) is 0 Å². The van der Waals surface area contributed by atoms with Crippen LogP contribution in [0.25, 0.3) is 0 Å². The average molecular weight is 324 g/mol. The monoisotopic (exact) mass is 324 g/mol. The first-order valence-corrected chi connectivity index (χ1v) is 7.21. The maximum Gasteiger partial charge on any atom is 0.419 e. The van der Waals surface area contributed by atoms with Crippen LogP contribution in [-0.4, -0.2) is 18.6 Å². The third-order valence-electron chi connectivity index (χ3n) is 3.38. The summed E-state index contributed by atoms with van der Waals surface area (Å²) >= 11 is 0. The molecule has 23 heavy (non-hydrogen) atoms. The van der Waals surface area contributed by atoms with Crippen LogP contribution < -0.4 is 10.6 Å². The van der Waals surface area contributed by atoms with E-state index in [1.54, 1.807) is 7.05 Å². The molecule has 0 fully saturated rings. The number of para-hydroxylation sites is 1. The van der Waals surface area contributed by atoms with Gasteiger partial charge in [-0.3, -0.25) is 10.9 Å². The zero-order valence-corrected chi connectivity index (χ0v) is 12.8. The van der Waals surface area contributed by atoms with Gasteiger partial charge in [0.05, 0.1) is 5.56 Å². The lowest BCUT2D eigenvalue weighted by atomic mass is 10.1. The molecule has 2 rings (SSSR count). The average Bonchev–Trinajstić information content (AvgIpc) is 2.51. The van der Waals surface area contributed by atoms with Crippen molar-refractivity contribution in [3.8, 4) is 5.75 Å². The molecule has 0 spiro atoms. The zero-order chi connectivity index (χ0) is 16.9. The number of alkyl halides is 3. The molecule has 2 aromatic rings. The van der Waals surface area contributed by atoms with Gasteiger partial charge >= 0.3 is 6.18 Å². The molecular formula is C17H19F3N2O. The highest BCUT2D eigenvalue weighted by Crippen LogP contribution is 2.38. The van der Waals surface area contributed by atoms with Crippen LogP contribution in [0.1, 0.15) is 23.7 Å². The topological polar surface area (TPSA) is 38.5 Å². The summed E-state index contributed by atoms with van der Waals surface area (Å²) in [6.45, 7) is 0.494. The van der Waals surface area contributed by atoms with Crippen molar-refractivity contribution in [2.24, 2.45) is 5.84 Å². The molecule has 2 N–H and O–H groups in total. The first-order chi connectivity index (χ1) is 10.9. The molecule has 0 amide bonds. The third kappa shape index (κ3) is 4.97. The number of rotatable bonds is 6. The lowest BCUT2D eigenvalue weighted by Crippen LogP contribution is -2.29. The Morgan fingerprint density at radius 2 is 1.65 bits per heavy atom. The summed E-state index contributed by atoms with van der Waals surface area (Å²) in [6.07, 6.45) is -4.49. The molecule has 0 saturated heterocycles. The first kappa shape index (κ1) is 17.3. The third-order valence-corrected chi connectivity index (χ3v) is 3.38. The lowest BCUT2D eigenvalue weighted by molar-refractivity contribution is -0.139.